The number of aryl methyl sites for hydroxylation is 1. The topological polar surface area (TPSA) is 90.5 Å². The number of carbonyl (C=O) groups excluding carboxylic acids is 1. The molecule has 37 heavy (non-hydrogen) atoms. The van der Waals surface area contributed by atoms with Gasteiger partial charge < -0.3 is 10.1 Å². The van der Waals surface area contributed by atoms with E-state index < -0.39 is 0 Å². The van der Waals surface area contributed by atoms with Crippen molar-refractivity contribution >= 4 is 28.3 Å². The highest BCUT2D eigenvalue weighted by atomic mass is 16.5. The van der Waals surface area contributed by atoms with Crippen molar-refractivity contribution < 1.29 is 9.53 Å². The number of aromatic nitrogens is 4. The second kappa shape index (κ2) is 9.54. The highest BCUT2D eigenvalue weighted by Gasteiger charge is 2.17. The van der Waals surface area contributed by atoms with Crippen molar-refractivity contribution in [2.45, 2.75) is 46.3 Å². The molecule has 1 N–H and O–H groups in total. The molecule has 0 aliphatic rings. The average Bonchev–Trinajstić information content (AvgIpc) is 3.32. The number of para-hydroxylation sites is 1. The van der Waals surface area contributed by atoms with Gasteiger partial charge in [0.15, 0.2) is 5.82 Å². The first-order valence-electron chi connectivity index (χ1n) is 12.3. The van der Waals surface area contributed by atoms with Crippen LogP contribution in [0.4, 0.5) is 5.69 Å². The lowest BCUT2D eigenvalue weighted by Crippen LogP contribution is -2.22. The summed E-state index contributed by atoms with van der Waals surface area (Å²) in [6.07, 6.45) is 0. The summed E-state index contributed by atoms with van der Waals surface area (Å²) in [6, 6.07) is 22.3. The van der Waals surface area contributed by atoms with E-state index in [0.717, 1.165) is 5.52 Å². The Hall–Kier alpha value is -4.46. The molecule has 2 heterocycles. The standard InChI is InChI=1S/C29H29N5O3/c1-5-33-27(36)23-8-6-7-9-24(23)34-25(31-32-28(33)34)18-37-22-16-14-21(15-17-22)30-26(35)19-10-12-20(13-11-19)29(2,3)4/h6-17H,5,18H2,1-4H3,(H,30,35). The molecule has 188 valence electrons. The molecule has 0 radical (unpaired) electrons. The van der Waals surface area contributed by atoms with Gasteiger partial charge in [0.05, 0.1) is 10.9 Å². The first-order valence-corrected chi connectivity index (χ1v) is 12.3. The average molecular weight is 496 g/mol. The van der Waals surface area contributed by atoms with E-state index >= 15 is 0 Å². The zero-order chi connectivity index (χ0) is 26.2. The fourth-order valence-corrected chi connectivity index (χ4v) is 4.30. The van der Waals surface area contributed by atoms with Crippen LogP contribution in [0.1, 0.15) is 49.4 Å². The monoisotopic (exact) mass is 495 g/mol. The number of anilines is 1. The van der Waals surface area contributed by atoms with Gasteiger partial charge in [-0.15, -0.1) is 10.2 Å². The van der Waals surface area contributed by atoms with Crippen LogP contribution in [0.15, 0.2) is 77.6 Å². The molecule has 0 atom stereocenters. The van der Waals surface area contributed by atoms with Crippen LogP contribution in [-0.4, -0.2) is 25.1 Å². The Morgan fingerprint density at radius 3 is 2.32 bits per heavy atom. The molecule has 0 unspecified atom stereocenters. The number of hydrogen-bond donors (Lipinski definition) is 1. The van der Waals surface area contributed by atoms with Crippen molar-refractivity contribution in [1.29, 1.82) is 0 Å². The number of hydrogen-bond acceptors (Lipinski definition) is 5. The third-order valence-corrected chi connectivity index (χ3v) is 6.38. The van der Waals surface area contributed by atoms with E-state index in [-0.39, 0.29) is 23.5 Å². The molecule has 0 bridgehead atoms. The molecular weight excluding hydrogens is 466 g/mol. The summed E-state index contributed by atoms with van der Waals surface area (Å²) in [6.45, 7) is 8.98. The molecular formula is C29H29N5O3. The second-order valence-corrected chi connectivity index (χ2v) is 9.91. The summed E-state index contributed by atoms with van der Waals surface area (Å²) in [5.41, 5.74) is 3.13. The van der Waals surface area contributed by atoms with Crippen LogP contribution in [0.2, 0.25) is 0 Å². The van der Waals surface area contributed by atoms with Gasteiger partial charge in [0.25, 0.3) is 11.5 Å². The van der Waals surface area contributed by atoms with E-state index in [1.165, 1.54) is 5.56 Å². The van der Waals surface area contributed by atoms with Gasteiger partial charge in [-0.05, 0) is 66.4 Å². The number of amides is 1. The van der Waals surface area contributed by atoms with E-state index in [2.05, 4.69) is 36.3 Å². The van der Waals surface area contributed by atoms with Crippen molar-refractivity contribution in [3.63, 3.8) is 0 Å². The highest BCUT2D eigenvalue weighted by Crippen LogP contribution is 2.23. The normalized spacial score (nSPS) is 11.7. The predicted octanol–water partition coefficient (Wildman–Crippen LogP) is 5.19. The Balaban J connectivity index is 1.30. The van der Waals surface area contributed by atoms with E-state index in [0.29, 0.717) is 40.5 Å². The number of ether oxygens (including phenoxy) is 1. The maximum atomic E-state index is 12.8. The number of rotatable bonds is 6. The zero-order valence-corrected chi connectivity index (χ0v) is 21.4. The molecule has 0 aliphatic heterocycles. The lowest BCUT2D eigenvalue weighted by Gasteiger charge is -2.19. The van der Waals surface area contributed by atoms with Crippen molar-refractivity contribution in [3.05, 3.63) is 100 Å². The zero-order valence-electron chi connectivity index (χ0n) is 21.4. The molecule has 0 fully saturated rings. The summed E-state index contributed by atoms with van der Waals surface area (Å²) in [4.78, 5) is 25.5. The number of carbonyl (C=O) groups is 1. The smallest absolute Gasteiger partial charge is 0.262 e. The number of benzene rings is 3. The Labute approximate surface area is 214 Å². The molecule has 1 amide bonds. The Morgan fingerprint density at radius 1 is 0.946 bits per heavy atom. The van der Waals surface area contributed by atoms with Gasteiger partial charge in [-0.2, -0.15) is 0 Å². The number of nitrogens with one attached hydrogen (secondary N) is 1. The molecule has 8 heteroatoms. The van der Waals surface area contributed by atoms with Crippen LogP contribution >= 0.6 is 0 Å². The summed E-state index contributed by atoms with van der Waals surface area (Å²) in [5.74, 6) is 1.53. The summed E-state index contributed by atoms with van der Waals surface area (Å²) < 4.78 is 9.44. The van der Waals surface area contributed by atoms with Gasteiger partial charge in [0, 0.05) is 17.8 Å². The SMILES string of the molecule is CCn1c(=O)c2ccccc2n2c(COc3ccc(NC(=O)c4ccc(C(C)(C)C)cc4)cc3)nnc12. The Kier molecular flexibility index (Phi) is 6.25. The third kappa shape index (κ3) is 4.70. The first-order chi connectivity index (χ1) is 17.8. The third-order valence-electron chi connectivity index (χ3n) is 6.38. The lowest BCUT2D eigenvalue weighted by atomic mass is 9.87. The van der Waals surface area contributed by atoms with Gasteiger partial charge >= 0.3 is 0 Å². The van der Waals surface area contributed by atoms with E-state index in [1.54, 1.807) is 34.9 Å². The summed E-state index contributed by atoms with van der Waals surface area (Å²) >= 11 is 0. The van der Waals surface area contributed by atoms with Gasteiger partial charge in [0.1, 0.15) is 12.4 Å². The quantitative estimate of drug-likeness (QED) is 0.350. The molecule has 2 aromatic heterocycles. The van der Waals surface area contributed by atoms with Gasteiger partial charge in [-0.25, -0.2) is 0 Å². The molecule has 0 saturated heterocycles. The van der Waals surface area contributed by atoms with Gasteiger partial charge in [-0.3, -0.25) is 18.6 Å². The van der Waals surface area contributed by atoms with Crippen LogP contribution in [0.5, 0.6) is 5.75 Å². The fourth-order valence-electron chi connectivity index (χ4n) is 4.30. The second-order valence-electron chi connectivity index (χ2n) is 9.91. The summed E-state index contributed by atoms with van der Waals surface area (Å²) in [7, 11) is 0. The van der Waals surface area contributed by atoms with Crippen LogP contribution in [0.25, 0.3) is 16.7 Å². The fraction of sp³-hybridized carbons (Fsp3) is 0.241. The molecule has 8 nitrogen and oxygen atoms in total. The van der Waals surface area contributed by atoms with Crippen molar-refractivity contribution in [3.8, 4) is 5.75 Å². The maximum Gasteiger partial charge on any atom is 0.262 e. The van der Waals surface area contributed by atoms with Gasteiger partial charge in [0.2, 0.25) is 5.78 Å². The minimum Gasteiger partial charge on any atom is -0.486 e. The van der Waals surface area contributed by atoms with E-state index in [1.807, 2.05) is 53.8 Å². The number of nitrogens with zero attached hydrogens (tertiary/aromatic N) is 4. The minimum absolute atomic E-state index is 0.0345. The minimum atomic E-state index is -0.169. The van der Waals surface area contributed by atoms with Crippen molar-refractivity contribution in [2.24, 2.45) is 0 Å². The largest absolute Gasteiger partial charge is 0.486 e. The number of fused-ring (bicyclic) bond motifs is 3. The molecule has 0 aliphatic carbocycles. The predicted molar refractivity (Wildman–Crippen MR) is 144 cm³/mol. The van der Waals surface area contributed by atoms with Crippen LogP contribution in [-0.2, 0) is 18.6 Å². The van der Waals surface area contributed by atoms with Crippen LogP contribution < -0.4 is 15.6 Å². The van der Waals surface area contributed by atoms with Gasteiger partial charge in [-0.1, -0.05) is 45.0 Å². The van der Waals surface area contributed by atoms with Crippen molar-refractivity contribution in [1.82, 2.24) is 19.2 Å². The highest BCUT2D eigenvalue weighted by molar-refractivity contribution is 6.04. The molecule has 5 rings (SSSR count). The lowest BCUT2D eigenvalue weighted by molar-refractivity contribution is 0.102. The first kappa shape index (κ1) is 24.2. The van der Waals surface area contributed by atoms with Crippen LogP contribution in [0.3, 0.4) is 0 Å². The van der Waals surface area contributed by atoms with Crippen molar-refractivity contribution in [2.75, 3.05) is 5.32 Å². The van der Waals surface area contributed by atoms with E-state index in [9.17, 15) is 9.59 Å². The molecule has 0 saturated carbocycles. The summed E-state index contributed by atoms with van der Waals surface area (Å²) in [5, 5.41) is 12.1. The molecule has 3 aromatic carbocycles. The molecule has 0 spiro atoms. The Morgan fingerprint density at radius 2 is 1.65 bits per heavy atom. The van der Waals surface area contributed by atoms with Crippen LogP contribution in [0, 0.1) is 0 Å². The molecule has 5 aromatic rings. The Bertz CT molecular complexity index is 1640. The van der Waals surface area contributed by atoms with E-state index in [4.69, 9.17) is 4.74 Å². The maximum absolute atomic E-state index is 12.8.